The summed E-state index contributed by atoms with van der Waals surface area (Å²) in [5.41, 5.74) is 0. The number of rotatable bonds is 27. The Hall–Kier alpha value is -0.320. The fourth-order valence-corrected chi connectivity index (χ4v) is 7.28. The van der Waals surface area contributed by atoms with Crippen LogP contribution in [0.5, 0.6) is 0 Å². The second kappa shape index (κ2) is 23.2. The Kier molecular flexibility index (Phi) is 22.1. The van der Waals surface area contributed by atoms with Crippen LogP contribution < -0.4 is 0 Å². The SMILES string of the molecule is CCCCCCCCCCCCCCCCCC(=O)OCCCOP(=O)(O)OC1C(O)C(O)C(OP(=O)(O)O)C(OP(=O)(O)O)C1O. The third-order valence-corrected chi connectivity index (χ3v) is 9.64. The normalized spacial score (nSPS) is 25.0. The van der Waals surface area contributed by atoms with E-state index in [0.29, 0.717) is 6.42 Å². The summed E-state index contributed by atoms with van der Waals surface area (Å²) in [6, 6.07) is 0. The highest BCUT2D eigenvalue weighted by Crippen LogP contribution is 2.51. The largest absolute Gasteiger partial charge is 0.472 e. The van der Waals surface area contributed by atoms with Crippen LogP contribution >= 0.6 is 23.5 Å². The van der Waals surface area contributed by atoms with Crippen molar-refractivity contribution in [3.63, 3.8) is 0 Å². The zero-order valence-corrected chi connectivity index (χ0v) is 29.7. The Morgan fingerprint density at radius 2 is 0.936 bits per heavy atom. The zero-order valence-electron chi connectivity index (χ0n) is 27.0. The first-order valence-electron chi connectivity index (χ1n) is 16.3. The smallest absolute Gasteiger partial charge is 0.466 e. The second-order valence-electron chi connectivity index (χ2n) is 11.7. The van der Waals surface area contributed by atoms with Gasteiger partial charge in [-0.3, -0.25) is 22.9 Å². The van der Waals surface area contributed by atoms with Crippen molar-refractivity contribution in [2.24, 2.45) is 0 Å². The van der Waals surface area contributed by atoms with Gasteiger partial charge in [-0.2, -0.15) is 0 Å². The molecule has 0 saturated heterocycles. The molecule has 8 N–H and O–H groups in total. The number of hydrogen-bond acceptors (Lipinski definition) is 12. The van der Waals surface area contributed by atoms with Gasteiger partial charge in [-0.1, -0.05) is 96.8 Å². The quantitative estimate of drug-likeness (QED) is 0.0338. The standard InChI is InChI=1S/C27H55O17P3/c1-2-3-4-5-6-7-8-9-10-11-12-13-14-15-16-18-21(28)40-19-17-20-41-47(38,39)44-25-22(29)23(30)26(42-45(32,33)34)27(24(25)31)43-46(35,36)37/h22-27,29-31H,2-20H2,1H3,(H,38,39)(H2,32,33,34)(H2,35,36,37). The fourth-order valence-electron chi connectivity index (χ4n) is 5.17. The molecule has 280 valence electrons. The zero-order chi connectivity index (χ0) is 35.5. The van der Waals surface area contributed by atoms with Crippen LogP contribution in [0.15, 0.2) is 0 Å². The van der Waals surface area contributed by atoms with Gasteiger partial charge >= 0.3 is 29.4 Å². The van der Waals surface area contributed by atoms with E-state index >= 15 is 0 Å². The Bertz CT molecular complexity index is 1000. The minimum absolute atomic E-state index is 0.0426. The van der Waals surface area contributed by atoms with E-state index in [1.54, 1.807) is 0 Å². The van der Waals surface area contributed by atoms with Crippen molar-refractivity contribution in [1.82, 2.24) is 0 Å². The van der Waals surface area contributed by atoms with Crippen LogP contribution in [0.1, 0.15) is 116 Å². The van der Waals surface area contributed by atoms with Crippen molar-refractivity contribution in [2.75, 3.05) is 13.2 Å². The third-order valence-electron chi connectivity index (χ3n) is 7.58. The van der Waals surface area contributed by atoms with Crippen LogP contribution in [0.4, 0.5) is 0 Å². The summed E-state index contributed by atoms with van der Waals surface area (Å²) in [5.74, 6) is -0.436. The number of carbonyl (C=O) groups is 1. The number of unbranched alkanes of at least 4 members (excludes halogenated alkanes) is 14. The molecule has 0 aliphatic heterocycles. The van der Waals surface area contributed by atoms with E-state index in [-0.39, 0.29) is 19.4 Å². The molecular weight excluding hydrogens is 689 g/mol. The Morgan fingerprint density at radius 1 is 0.532 bits per heavy atom. The molecule has 0 heterocycles. The van der Waals surface area contributed by atoms with Crippen LogP contribution in [0.25, 0.3) is 0 Å². The molecule has 0 aromatic carbocycles. The number of phosphoric acid groups is 3. The molecule has 0 aromatic rings. The number of aliphatic hydroxyl groups excluding tert-OH is 3. The van der Waals surface area contributed by atoms with Gasteiger partial charge in [0.15, 0.2) is 0 Å². The first-order chi connectivity index (χ1) is 22.0. The average Bonchev–Trinajstić information content (AvgIpc) is 2.96. The van der Waals surface area contributed by atoms with E-state index < -0.39 is 72.7 Å². The van der Waals surface area contributed by atoms with E-state index in [1.165, 1.54) is 70.6 Å². The third kappa shape index (κ3) is 20.8. The van der Waals surface area contributed by atoms with Gasteiger partial charge in [0.25, 0.3) is 0 Å². The highest BCUT2D eigenvalue weighted by molar-refractivity contribution is 7.47. The summed E-state index contributed by atoms with van der Waals surface area (Å²) >= 11 is 0. The molecule has 0 spiro atoms. The van der Waals surface area contributed by atoms with Crippen molar-refractivity contribution in [2.45, 2.75) is 153 Å². The molecule has 0 bridgehead atoms. The monoisotopic (exact) mass is 744 g/mol. The lowest BCUT2D eigenvalue weighted by Crippen LogP contribution is -2.65. The molecule has 1 fully saturated rings. The number of esters is 1. The Morgan fingerprint density at radius 3 is 1.38 bits per heavy atom. The van der Waals surface area contributed by atoms with Gasteiger partial charge in [-0.05, 0) is 6.42 Å². The van der Waals surface area contributed by atoms with E-state index in [1.807, 2.05) is 0 Å². The molecule has 1 aliphatic rings. The average molecular weight is 745 g/mol. The minimum atomic E-state index is -5.50. The van der Waals surface area contributed by atoms with E-state index in [4.69, 9.17) is 33.4 Å². The van der Waals surface area contributed by atoms with Gasteiger partial charge in [0.05, 0.1) is 13.2 Å². The topological polar surface area (TPSA) is 276 Å². The lowest BCUT2D eigenvalue weighted by Gasteiger charge is -2.44. The Balaban J connectivity index is 2.27. The fraction of sp³-hybridized carbons (Fsp3) is 0.963. The first-order valence-corrected chi connectivity index (χ1v) is 20.9. The molecule has 0 amide bonds. The van der Waals surface area contributed by atoms with Crippen LogP contribution in [-0.2, 0) is 41.3 Å². The van der Waals surface area contributed by atoms with E-state index in [2.05, 4.69) is 16.0 Å². The molecule has 47 heavy (non-hydrogen) atoms. The molecule has 7 atom stereocenters. The summed E-state index contributed by atoms with van der Waals surface area (Å²) in [6.45, 7) is 1.59. The maximum absolute atomic E-state index is 12.4. The molecule has 0 aromatic heterocycles. The predicted molar refractivity (Wildman–Crippen MR) is 168 cm³/mol. The van der Waals surface area contributed by atoms with Crippen molar-refractivity contribution in [3.8, 4) is 0 Å². The van der Waals surface area contributed by atoms with Crippen molar-refractivity contribution in [3.05, 3.63) is 0 Å². The van der Waals surface area contributed by atoms with E-state index in [9.17, 15) is 38.7 Å². The first kappa shape index (κ1) is 44.7. The minimum Gasteiger partial charge on any atom is -0.466 e. The number of aliphatic hydroxyl groups is 3. The van der Waals surface area contributed by atoms with Gasteiger partial charge in [-0.25, -0.2) is 13.7 Å². The maximum Gasteiger partial charge on any atom is 0.472 e. The number of carbonyl (C=O) groups excluding carboxylic acids is 1. The summed E-state index contributed by atoms with van der Waals surface area (Å²) in [5, 5.41) is 30.9. The molecule has 17 nitrogen and oxygen atoms in total. The van der Waals surface area contributed by atoms with Gasteiger partial charge in [-0.15, -0.1) is 0 Å². The summed E-state index contributed by atoms with van der Waals surface area (Å²) in [6.07, 6.45) is 3.86. The molecule has 20 heteroatoms. The summed E-state index contributed by atoms with van der Waals surface area (Å²) in [4.78, 5) is 58.3. The van der Waals surface area contributed by atoms with Crippen LogP contribution in [-0.4, -0.2) is 95.6 Å². The molecule has 1 rings (SSSR count). The molecule has 7 unspecified atom stereocenters. The van der Waals surface area contributed by atoms with Crippen molar-refractivity contribution in [1.29, 1.82) is 0 Å². The van der Waals surface area contributed by atoms with Gasteiger partial charge in [0, 0.05) is 12.8 Å². The molecule has 1 saturated carbocycles. The maximum atomic E-state index is 12.4. The lowest BCUT2D eigenvalue weighted by atomic mass is 9.85. The lowest BCUT2D eigenvalue weighted by molar-refractivity contribution is -0.212. The second-order valence-corrected chi connectivity index (χ2v) is 15.5. The van der Waals surface area contributed by atoms with Gasteiger partial charge in [0.2, 0.25) is 0 Å². The number of phosphoric ester groups is 3. The summed E-state index contributed by atoms with van der Waals surface area (Å²) in [7, 11) is -16.1. The molecular formula is C27H55O17P3. The number of hydrogen-bond donors (Lipinski definition) is 8. The molecule has 1 aliphatic carbocycles. The highest BCUT2D eigenvalue weighted by atomic mass is 31.2. The highest BCUT2D eigenvalue weighted by Gasteiger charge is 2.56. The van der Waals surface area contributed by atoms with E-state index in [0.717, 1.165) is 19.3 Å². The van der Waals surface area contributed by atoms with Gasteiger partial charge in [0.1, 0.15) is 36.6 Å². The van der Waals surface area contributed by atoms with Gasteiger partial charge < -0.3 is 44.5 Å². The van der Waals surface area contributed by atoms with Crippen molar-refractivity contribution < 1.29 is 81.1 Å². The molecule has 0 radical (unpaired) electrons. The summed E-state index contributed by atoms with van der Waals surface area (Å²) < 4.78 is 58.0. The van der Waals surface area contributed by atoms with Crippen LogP contribution in [0.3, 0.4) is 0 Å². The van der Waals surface area contributed by atoms with Crippen molar-refractivity contribution >= 4 is 29.4 Å². The van der Waals surface area contributed by atoms with Crippen LogP contribution in [0.2, 0.25) is 0 Å². The van der Waals surface area contributed by atoms with Crippen LogP contribution in [0, 0.1) is 0 Å². The Labute approximate surface area is 276 Å². The predicted octanol–water partition coefficient (Wildman–Crippen LogP) is 3.74. The number of ether oxygens (including phenoxy) is 1.